The fourth-order valence-corrected chi connectivity index (χ4v) is 11.1. The first-order chi connectivity index (χ1) is 25.8. The van der Waals surface area contributed by atoms with Gasteiger partial charge in [-0.25, -0.2) is 4.79 Å². The van der Waals surface area contributed by atoms with Crippen molar-refractivity contribution in [2.24, 2.45) is 28.6 Å². The summed E-state index contributed by atoms with van der Waals surface area (Å²) < 4.78 is 5.70. The van der Waals surface area contributed by atoms with Crippen LogP contribution in [0.2, 0.25) is 0 Å². The van der Waals surface area contributed by atoms with Crippen LogP contribution in [0.4, 0.5) is 4.79 Å². The lowest BCUT2D eigenvalue weighted by Crippen LogP contribution is -2.58. The van der Waals surface area contributed by atoms with Gasteiger partial charge in [-0.15, -0.1) is 0 Å². The number of allylic oxidation sites excluding steroid dienone is 2. The second-order valence-electron chi connectivity index (χ2n) is 18.0. The predicted octanol–water partition coefficient (Wildman–Crippen LogP) is 10.2. The first-order valence-corrected chi connectivity index (χ1v) is 20.6. The van der Waals surface area contributed by atoms with Crippen molar-refractivity contribution < 1.29 is 24.5 Å². The highest BCUT2D eigenvalue weighted by molar-refractivity contribution is 6.13. The van der Waals surface area contributed by atoms with E-state index in [-0.39, 0.29) is 36.4 Å². The van der Waals surface area contributed by atoms with E-state index in [1.807, 2.05) is 72.5 Å². The van der Waals surface area contributed by atoms with Crippen LogP contribution in [0.5, 0.6) is 0 Å². The predicted molar refractivity (Wildman–Crippen MR) is 215 cm³/mol. The molecule has 3 aromatic rings. The Hall–Kier alpha value is -3.74. The van der Waals surface area contributed by atoms with Crippen LogP contribution >= 0.6 is 0 Å². The summed E-state index contributed by atoms with van der Waals surface area (Å²) in [4.78, 5) is 30.7. The summed E-state index contributed by atoms with van der Waals surface area (Å²) in [5, 5.41) is 24.3. The minimum Gasteiger partial charge on any atom is -0.450 e. The second-order valence-corrected chi connectivity index (χ2v) is 18.0. The molecule has 6 aliphatic rings. The molecule has 6 heteroatoms. The molecule has 4 bridgehead atoms. The zero-order valence-corrected chi connectivity index (χ0v) is 33.2. The topological polar surface area (TPSA) is 87.1 Å². The number of ether oxygens (including phenoxy) is 1. The van der Waals surface area contributed by atoms with Gasteiger partial charge in [-0.1, -0.05) is 99.2 Å². The monoisotopic (exact) mass is 731 g/mol. The molecule has 7 atom stereocenters. The van der Waals surface area contributed by atoms with E-state index >= 15 is 4.79 Å². The van der Waals surface area contributed by atoms with Gasteiger partial charge >= 0.3 is 6.09 Å². The van der Waals surface area contributed by atoms with E-state index in [9.17, 15) is 15.0 Å². The van der Waals surface area contributed by atoms with Crippen LogP contribution in [-0.4, -0.2) is 58.4 Å². The first-order valence-electron chi connectivity index (χ1n) is 20.6. The molecule has 9 rings (SSSR count). The SMILES string of the molecule is CCOC(=O)N(CC1CCC2CC1C2(C)C)CC1(O)CCC2c3ccc(cc3C(=O)c3ccccc3-c3ccccc3)CC(O)CCC(C)=CCCC21C. The van der Waals surface area contributed by atoms with E-state index in [4.69, 9.17) is 4.74 Å². The Morgan fingerprint density at radius 2 is 1.67 bits per heavy atom. The lowest BCUT2D eigenvalue weighted by atomic mass is 9.45. The van der Waals surface area contributed by atoms with Crippen molar-refractivity contribution in [2.75, 3.05) is 19.7 Å². The summed E-state index contributed by atoms with van der Waals surface area (Å²) in [5.74, 6) is 1.54. The highest BCUT2D eigenvalue weighted by atomic mass is 16.6. The van der Waals surface area contributed by atoms with Crippen molar-refractivity contribution >= 4 is 11.9 Å². The fraction of sp³-hybridized carbons (Fsp3) is 0.542. The fourth-order valence-electron chi connectivity index (χ4n) is 11.1. The molecule has 4 fully saturated rings. The van der Waals surface area contributed by atoms with Gasteiger partial charge in [-0.2, -0.15) is 0 Å². The van der Waals surface area contributed by atoms with Gasteiger partial charge in [0.1, 0.15) is 0 Å². The molecule has 288 valence electrons. The molecule has 1 amide bonds. The minimum absolute atomic E-state index is 0.0479. The Balaban J connectivity index is 1.29. The number of hydrogen-bond acceptors (Lipinski definition) is 5. The summed E-state index contributed by atoms with van der Waals surface area (Å²) >= 11 is 0. The van der Waals surface area contributed by atoms with Gasteiger partial charge < -0.3 is 19.8 Å². The quantitative estimate of drug-likeness (QED) is 0.178. The van der Waals surface area contributed by atoms with Crippen LogP contribution in [0, 0.1) is 28.6 Å². The third kappa shape index (κ3) is 7.21. The highest BCUT2D eigenvalue weighted by Crippen LogP contribution is 2.62. The maximum Gasteiger partial charge on any atom is 0.409 e. The number of fused-ring (bicyclic) bond motifs is 10. The van der Waals surface area contributed by atoms with Crippen molar-refractivity contribution in [3.05, 3.63) is 107 Å². The number of ketones is 1. The van der Waals surface area contributed by atoms with Crippen LogP contribution < -0.4 is 0 Å². The molecule has 3 aromatic carbocycles. The third-order valence-electron chi connectivity index (χ3n) is 14.6. The van der Waals surface area contributed by atoms with Crippen molar-refractivity contribution in [3.8, 4) is 11.1 Å². The molecule has 0 saturated heterocycles. The molecule has 6 aliphatic carbocycles. The Morgan fingerprint density at radius 1 is 0.907 bits per heavy atom. The average Bonchev–Trinajstić information content (AvgIpc) is 3.42. The van der Waals surface area contributed by atoms with E-state index in [1.165, 1.54) is 18.4 Å². The number of amides is 1. The van der Waals surface area contributed by atoms with Crippen molar-refractivity contribution in [3.63, 3.8) is 0 Å². The van der Waals surface area contributed by atoms with Gasteiger partial charge in [0.15, 0.2) is 5.78 Å². The molecule has 0 radical (unpaired) electrons. The number of aliphatic hydroxyl groups excluding tert-OH is 1. The highest BCUT2D eigenvalue weighted by Gasteiger charge is 2.59. The maximum absolute atomic E-state index is 15.0. The number of hydrogen-bond donors (Lipinski definition) is 2. The lowest BCUT2D eigenvalue weighted by molar-refractivity contribution is -0.120. The number of nitrogens with zero attached hydrogens (tertiary/aromatic N) is 1. The third-order valence-corrected chi connectivity index (χ3v) is 14.6. The lowest BCUT2D eigenvalue weighted by Gasteiger charge is -2.60. The summed E-state index contributed by atoms with van der Waals surface area (Å²) in [6.45, 7) is 12.0. The van der Waals surface area contributed by atoms with Crippen LogP contribution in [0.1, 0.15) is 125 Å². The molecular formula is C48H61NO5. The second kappa shape index (κ2) is 15.4. The van der Waals surface area contributed by atoms with Gasteiger partial charge in [-0.3, -0.25) is 4.79 Å². The molecule has 7 unspecified atom stereocenters. The first kappa shape index (κ1) is 38.5. The Labute approximate surface area is 323 Å². The van der Waals surface area contributed by atoms with Crippen LogP contribution in [-0.2, 0) is 11.2 Å². The van der Waals surface area contributed by atoms with Crippen molar-refractivity contribution in [1.82, 2.24) is 4.90 Å². The molecule has 0 spiro atoms. The van der Waals surface area contributed by atoms with Gasteiger partial charge in [0, 0.05) is 23.1 Å². The van der Waals surface area contributed by atoms with Gasteiger partial charge in [-0.05, 0) is 135 Å². The normalized spacial score (nSPS) is 30.4. The standard InChI is InChI=1S/C48H61NO5/c1-6-54-45(52)49(30-35-20-21-36-29-43(35)46(36,3)4)31-48(53)26-24-42-39-23-19-33(27-37(50)22-18-32(2)13-12-25-47(42,48)5)28-41(39)44(51)40-17-11-10-16-38(40)34-14-8-7-9-15-34/h7-11,13-17,19,23,28,35-37,42-43,50,53H,6,12,18,20-22,24-27,29-31H2,1-5H3. The molecule has 4 saturated carbocycles. The summed E-state index contributed by atoms with van der Waals surface area (Å²) in [7, 11) is 0. The molecular weight excluding hydrogens is 671 g/mol. The summed E-state index contributed by atoms with van der Waals surface area (Å²) in [5.41, 5.74) is 4.68. The summed E-state index contributed by atoms with van der Waals surface area (Å²) in [6.07, 6.45) is 9.49. The maximum atomic E-state index is 15.0. The van der Waals surface area contributed by atoms with Crippen LogP contribution in [0.15, 0.2) is 84.4 Å². The van der Waals surface area contributed by atoms with E-state index in [0.717, 1.165) is 47.4 Å². The molecule has 0 aliphatic heterocycles. The van der Waals surface area contributed by atoms with Crippen molar-refractivity contribution in [2.45, 2.75) is 116 Å². The van der Waals surface area contributed by atoms with Crippen molar-refractivity contribution in [1.29, 1.82) is 0 Å². The molecule has 0 aromatic heterocycles. The number of rotatable bonds is 8. The molecule has 6 nitrogen and oxygen atoms in total. The Bertz CT molecular complexity index is 1860. The Morgan fingerprint density at radius 3 is 2.41 bits per heavy atom. The number of aliphatic hydroxyl groups is 2. The zero-order valence-electron chi connectivity index (χ0n) is 33.2. The smallest absolute Gasteiger partial charge is 0.409 e. The van der Waals surface area contributed by atoms with E-state index in [0.29, 0.717) is 61.6 Å². The molecule has 54 heavy (non-hydrogen) atoms. The Kier molecular flexibility index (Phi) is 11.0. The number of benzene rings is 3. The zero-order chi connectivity index (χ0) is 38.3. The number of carbonyl (C=O) groups excluding carboxylic acids is 2. The van der Waals surface area contributed by atoms with E-state index < -0.39 is 17.1 Å². The minimum atomic E-state index is -1.20. The molecule has 2 N–H and O–H groups in total. The summed E-state index contributed by atoms with van der Waals surface area (Å²) in [6, 6.07) is 24.1. The molecule has 0 heterocycles. The van der Waals surface area contributed by atoms with Gasteiger partial charge in [0.25, 0.3) is 0 Å². The van der Waals surface area contributed by atoms with Gasteiger partial charge in [0.05, 0.1) is 24.9 Å². The van der Waals surface area contributed by atoms with Crippen LogP contribution in [0.3, 0.4) is 0 Å². The average molecular weight is 732 g/mol. The largest absolute Gasteiger partial charge is 0.450 e. The van der Waals surface area contributed by atoms with Gasteiger partial charge in [0.2, 0.25) is 0 Å². The van der Waals surface area contributed by atoms with E-state index in [2.05, 4.69) is 45.9 Å². The van der Waals surface area contributed by atoms with Crippen LogP contribution in [0.25, 0.3) is 11.1 Å². The van der Waals surface area contributed by atoms with E-state index in [1.54, 1.807) is 0 Å². The number of carbonyl (C=O) groups is 2.